The Morgan fingerprint density at radius 1 is 0.958 bits per heavy atom. The maximum absolute atomic E-state index is 10.0. The fraction of sp³-hybridized carbons (Fsp3) is 0.429. The van der Waals surface area contributed by atoms with Gasteiger partial charge < -0.3 is 10.0 Å². The summed E-state index contributed by atoms with van der Waals surface area (Å²) in [7, 11) is 0. The first kappa shape index (κ1) is 15.7. The predicted molar refractivity (Wildman–Crippen MR) is 98.2 cm³/mol. The summed E-state index contributed by atoms with van der Waals surface area (Å²) in [6.07, 6.45) is 2.27. The van der Waals surface area contributed by atoms with Gasteiger partial charge in [-0.05, 0) is 30.0 Å². The molecule has 3 nitrogen and oxygen atoms in total. The van der Waals surface area contributed by atoms with Gasteiger partial charge in [-0.15, -0.1) is 0 Å². The molecular formula is C21H26N2O. The molecule has 2 aliphatic heterocycles. The molecule has 0 radical (unpaired) electrons. The zero-order chi connectivity index (χ0) is 16.4. The highest BCUT2D eigenvalue weighted by atomic mass is 16.3. The molecule has 0 aliphatic carbocycles. The van der Waals surface area contributed by atoms with Crippen LogP contribution in [-0.4, -0.2) is 42.3 Å². The van der Waals surface area contributed by atoms with Crippen molar-refractivity contribution in [1.29, 1.82) is 0 Å². The number of nitrogens with zero attached hydrogens (tertiary/aromatic N) is 2. The van der Waals surface area contributed by atoms with Gasteiger partial charge in [-0.25, -0.2) is 0 Å². The first-order valence-electron chi connectivity index (χ1n) is 9.07. The number of benzene rings is 2. The highest BCUT2D eigenvalue weighted by Crippen LogP contribution is 2.34. The Kier molecular flexibility index (Phi) is 4.54. The Morgan fingerprint density at radius 2 is 1.75 bits per heavy atom. The van der Waals surface area contributed by atoms with E-state index in [2.05, 4.69) is 64.4 Å². The van der Waals surface area contributed by atoms with Gasteiger partial charge in [-0.2, -0.15) is 0 Å². The van der Waals surface area contributed by atoms with Crippen molar-refractivity contribution in [3.8, 4) is 0 Å². The summed E-state index contributed by atoms with van der Waals surface area (Å²) in [6.45, 7) is 4.44. The molecule has 0 bridgehead atoms. The van der Waals surface area contributed by atoms with E-state index in [4.69, 9.17) is 0 Å². The zero-order valence-corrected chi connectivity index (χ0v) is 14.1. The Hall–Kier alpha value is -1.84. The van der Waals surface area contributed by atoms with Gasteiger partial charge in [0.2, 0.25) is 0 Å². The number of piperidine rings is 1. The Bertz CT molecular complexity index is 673. The number of hydrogen-bond donors (Lipinski definition) is 1. The van der Waals surface area contributed by atoms with Crippen LogP contribution in [0.1, 0.15) is 17.5 Å². The number of aliphatic hydroxyl groups is 1. The molecule has 0 aromatic heterocycles. The number of aliphatic hydroxyl groups excluding tert-OH is 1. The van der Waals surface area contributed by atoms with Crippen LogP contribution in [-0.2, 0) is 13.0 Å². The minimum atomic E-state index is 0.272. The molecule has 0 amide bonds. The average Bonchev–Trinajstić information content (AvgIpc) is 3.06. The first-order valence-corrected chi connectivity index (χ1v) is 9.07. The summed E-state index contributed by atoms with van der Waals surface area (Å²) in [4.78, 5) is 5.05. The van der Waals surface area contributed by atoms with E-state index in [-0.39, 0.29) is 6.61 Å². The van der Waals surface area contributed by atoms with Crippen molar-refractivity contribution in [2.24, 2.45) is 5.92 Å². The zero-order valence-electron chi connectivity index (χ0n) is 14.1. The lowest BCUT2D eigenvalue weighted by Crippen LogP contribution is -2.51. The third-order valence-corrected chi connectivity index (χ3v) is 5.58. The van der Waals surface area contributed by atoms with Crippen LogP contribution in [0.2, 0.25) is 0 Å². The van der Waals surface area contributed by atoms with Crippen molar-refractivity contribution in [3.63, 3.8) is 0 Å². The van der Waals surface area contributed by atoms with Crippen LogP contribution in [0, 0.1) is 5.92 Å². The van der Waals surface area contributed by atoms with E-state index < -0.39 is 0 Å². The van der Waals surface area contributed by atoms with Crippen LogP contribution < -0.4 is 4.90 Å². The van der Waals surface area contributed by atoms with Crippen LogP contribution in [0.4, 0.5) is 5.69 Å². The van der Waals surface area contributed by atoms with Gasteiger partial charge >= 0.3 is 0 Å². The number of para-hydroxylation sites is 1. The third-order valence-electron chi connectivity index (χ3n) is 5.58. The lowest BCUT2D eigenvalue weighted by Gasteiger charge is -2.43. The van der Waals surface area contributed by atoms with E-state index in [1.54, 1.807) is 0 Å². The number of likely N-dealkylation sites (tertiary alicyclic amines) is 1. The van der Waals surface area contributed by atoms with Crippen molar-refractivity contribution in [2.75, 3.05) is 31.1 Å². The molecule has 2 atom stereocenters. The highest BCUT2D eigenvalue weighted by Gasteiger charge is 2.35. The van der Waals surface area contributed by atoms with Gasteiger partial charge in [0.25, 0.3) is 0 Å². The summed E-state index contributed by atoms with van der Waals surface area (Å²) in [5.41, 5.74) is 4.21. The minimum absolute atomic E-state index is 0.272. The SMILES string of the molecule is OC[C@H]1CN(Cc2ccccc2)CC[C@H]1N1CCc2ccccc21. The van der Waals surface area contributed by atoms with Crippen LogP contribution in [0.25, 0.3) is 0 Å². The molecule has 1 fully saturated rings. The topological polar surface area (TPSA) is 26.7 Å². The number of anilines is 1. The quantitative estimate of drug-likeness (QED) is 0.937. The van der Waals surface area contributed by atoms with Gasteiger partial charge in [0.1, 0.15) is 0 Å². The fourth-order valence-electron chi connectivity index (χ4n) is 4.38. The predicted octanol–water partition coefficient (Wildman–Crippen LogP) is 2.93. The van der Waals surface area contributed by atoms with E-state index >= 15 is 0 Å². The molecule has 2 aromatic carbocycles. The van der Waals surface area contributed by atoms with Crippen LogP contribution in [0.15, 0.2) is 54.6 Å². The maximum Gasteiger partial charge on any atom is 0.0491 e. The first-order chi connectivity index (χ1) is 11.8. The van der Waals surface area contributed by atoms with E-state index in [0.29, 0.717) is 12.0 Å². The van der Waals surface area contributed by atoms with Crippen LogP contribution >= 0.6 is 0 Å². The average molecular weight is 322 g/mol. The molecule has 1 N–H and O–H groups in total. The van der Waals surface area contributed by atoms with Crippen LogP contribution in [0.3, 0.4) is 0 Å². The molecule has 2 aromatic rings. The van der Waals surface area contributed by atoms with Gasteiger partial charge in [0, 0.05) is 50.4 Å². The molecule has 2 aliphatic rings. The molecule has 126 valence electrons. The minimum Gasteiger partial charge on any atom is -0.396 e. The molecule has 0 unspecified atom stereocenters. The summed E-state index contributed by atoms with van der Waals surface area (Å²) in [5, 5.41) is 10.0. The molecule has 4 rings (SSSR count). The van der Waals surface area contributed by atoms with Gasteiger partial charge in [0.15, 0.2) is 0 Å². The lowest BCUT2D eigenvalue weighted by atomic mass is 9.91. The van der Waals surface area contributed by atoms with Crippen molar-refractivity contribution in [1.82, 2.24) is 4.90 Å². The summed E-state index contributed by atoms with van der Waals surface area (Å²) in [6, 6.07) is 19.9. The molecule has 24 heavy (non-hydrogen) atoms. The fourth-order valence-corrected chi connectivity index (χ4v) is 4.38. The monoisotopic (exact) mass is 322 g/mol. The molecule has 2 heterocycles. The van der Waals surface area contributed by atoms with Gasteiger partial charge in [0.05, 0.1) is 0 Å². The molecular weight excluding hydrogens is 296 g/mol. The van der Waals surface area contributed by atoms with Crippen LogP contribution in [0.5, 0.6) is 0 Å². The summed E-state index contributed by atoms with van der Waals surface area (Å²) >= 11 is 0. The molecule has 1 saturated heterocycles. The van der Waals surface area contributed by atoms with E-state index in [1.165, 1.54) is 16.8 Å². The Balaban J connectivity index is 1.46. The standard InChI is InChI=1S/C21H26N2O/c24-16-19-15-22(14-17-6-2-1-3-7-17)12-11-21(19)23-13-10-18-8-4-5-9-20(18)23/h1-9,19,21,24H,10-16H2/t19-,21-/m1/s1. The molecule has 0 spiro atoms. The third kappa shape index (κ3) is 3.06. The van der Waals surface area contributed by atoms with E-state index in [9.17, 15) is 5.11 Å². The summed E-state index contributed by atoms with van der Waals surface area (Å²) < 4.78 is 0. The Labute approximate surface area is 144 Å². The lowest BCUT2D eigenvalue weighted by molar-refractivity contribution is 0.0963. The smallest absolute Gasteiger partial charge is 0.0491 e. The van der Waals surface area contributed by atoms with Crippen molar-refractivity contribution >= 4 is 5.69 Å². The van der Waals surface area contributed by atoms with Crippen molar-refractivity contribution < 1.29 is 5.11 Å². The number of fused-ring (bicyclic) bond motifs is 1. The molecule has 3 heteroatoms. The number of hydrogen-bond acceptors (Lipinski definition) is 3. The van der Waals surface area contributed by atoms with Gasteiger partial charge in [-0.1, -0.05) is 48.5 Å². The second-order valence-corrected chi connectivity index (χ2v) is 7.09. The van der Waals surface area contributed by atoms with Crippen molar-refractivity contribution in [2.45, 2.75) is 25.4 Å². The largest absolute Gasteiger partial charge is 0.396 e. The highest BCUT2D eigenvalue weighted by molar-refractivity contribution is 5.58. The number of rotatable bonds is 4. The van der Waals surface area contributed by atoms with E-state index in [0.717, 1.165) is 39.0 Å². The van der Waals surface area contributed by atoms with E-state index in [1.807, 2.05) is 0 Å². The second kappa shape index (κ2) is 6.96. The van der Waals surface area contributed by atoms with Crippen molar-refractivity contribution in [3.05, 3.63) is 65.7 Å². The Morgan fingerprint density at radius 3 is 2.58 bits per heavy atom. The maximum atomic E-state index is 10.0. The van der Waals surface area contributed by atoms with Gasteiger partial charge in [-0.3, -0.25) is 4.90 Å². The second-order valence-electron chi connectivity index (χ2n) is 7.09. The molecule has 0 saturated carbocycles. The summed E-state index contributed by atoms with van der Waals surface area (Å²) in [5.74, 6) is 0.327. The normalized spacial score (nSPS) is 24.1.